The van der Waals surface area contributed by atoms with E-state index >= 15 is 0 Å². The van der Waals surface area contributed by atoms with Crippen LogP contribution in [-0.4, -0.2) is 28.7 Å². The van der Waals surface area contributed by atoms with Gasteiger partial charge in [-0.1, -0.05) is 6.92 Å². The van der Waals surface area contributed by atoms with Gasteiger partial charge in [-0.05, 0) is 18.9 Å². The molecule has 0 radical (unpaired) electrons. The molecule has 0 aromatic carbocycles. The summed E-state index contributed by atoms with van der Waals surface area (Å²) in [5.41, 5.74) is 1.13. The topological polar surface area (TPSA) is 39.1 Å². The molecule has 1 saturated heterocycles. The second kappa shape index (κ2) is 4.77. The van der Waals surface area contributed by atoms with Gasteiger partial charge >= 0.3 is 0 Å². The molecule has 15 heavy (non-hydrogen) atoms. The molecule has 1 aromatic rings. The number of ether oxygens (including phenoxy) is 1. The van der Waals surface area contributed by atoms with Gasteiger partial charge < -0.3 is 14.6 Å². The van der Waals surface area contributed by atoms with Crippen molar-refractivity contribution in [2.24, 2.45) is 13.0 Å². The van der Waals surface area contributed by atoms with Gasteiger partial charge in [-0.15, -0.1) is 0 Å². The van der Waals surface area contributed by atoms with Gasteiger partial charge in [0.25, 0.3) is 0 Å². The van der Waals surface area contributed by atoms with Crippen LogP contribution < -0.4 is 5.32 Å². The zero-order chi connectivity index (χ0) is 10.7. The van der Waals surface area contributed by atoms with E-state index in [9.17, 15) is 0 Å². The van der Waals surface area contributed by atoms with Gasteiger partial charge in [0.1, 0.15) is 0 Å². The fourth-order valence-corrected chi connectivity index (χ4v) is 1.90. The fraction of sp³-hybridized carbons (Fsp3) is 0.727. The monoisotopic (exact) mass is 209 g/mol. The molecular weight excluding hydrogens is 190 g/mol. The molecule has 4 nitrogen and oxygen atoms in total. The van der Waals surface area contributed by atoms with Crippen LogP contribution in [0.2, 0.25) is 0 Å². The van der Waals surface area contributed by atoms with Crippen molar-refractivity contribution in [2.75, 3.05) is 13.1 Å². The van der Waals surface area contributed by atoms with E-state index in [0.29, 0.717) is 18.6 Å². The number of imidazole rings is 1. The first-order chi connectivity index (χ1) is 7.27. The van der Waals surface area contributed by atoms with Gasteiger partial charge in [-0.2, -0.15) is 0 Å². The van der Waals surface area contributed by atoms with E-state index in [2.05, 4.69) is 17.2 Å². The van der Waals surface area contributed by atoms with Crippen molar-refractivity contribution in [1.29, 1.82) is 0 Å². The van der Waals surface area contributed by atoms with Crippen LogP contribution in [0.15, 0.2) is 12.5 Å². The molecule has 0 aliphatic carbocycles. The van der Waals surface area contributed by atoms with Crippen LogP contribution in [0.1, 0.15) is 19.0 Å². The summed E-state index contributed by atoms with van der Waals surface area (Å²) in [6.07, 6.45) is 5.21. The number of nitrogens with one attached hydrogen (secondary N) is 1. The van der Waals surface area contributed by atoms with E-state index in [4.69, 9.17) is 4.74 Å². The molecule has 2 heterocycles. The Kier molecular flexibility index (Phi) is 3.38. The first-order valence-electron chi connectivity index (χ1n) is 5.55. The highest BCUT2D eigenvalue weighted by Gasteiger charge is 2.21. The van der Waals surface area contributed by atoms with E-state index in [0.717, 1.165) is 18.8 Å². The normalized spacial score (nSPS) is 26.8. The SMILES string of the molecule is CC1CCNCC1OCc1cncn1C. The van der Waals surface area contributed by atoms with Crippen LogP contribution in [0.3, 0.4) is 0 Å². The number of nitrogens with zero attached hydrogens (tertiary/aromatic N) is 2. The standard InChI is InChI=1S/C11H19N3O/c1-9-3-4-12-6-11(9)15-7-10-5-13-8-14(10)2/h5,8-9,11-12H,3-4,6-7H2,1-2H3. The van der Waals surface area contributed by atoms with Crippen LogP contribution in [-0.2, 0) is 18.4 Å². The van der Waals surface area contributed by atoms with Gasteiger partial charge in [0.2, 0.25) is 0 Å². The lowest BCUT2D eigenvalue weighted by atomic mass is 9.97. The fourth-order valence-electron chi connectivity index (χ4n) is 1.90. The van der Waals surface area contributed by atoms with Gasteiger partial charge in [0.05, 0.1) is 30.9 Å². The molecule has 0 amide bonds. The van der Waals surface area contributed by atoms with Crippen LogP contribution >= 0.6 is 0 Å². The van der Waals surface area contributed by atoms with Crippen LogP contribution in [0.4, 0.5) is 0 Å². The van der Waals surface area contributed by atoms with Crippen LogP contribution in [0, 0.1) is 5.92 Å². The molecule has 2 unspecified atom stereocenters. The Morgan fingerprint density at radius 2 is 2.53 bits per heavy atom. The Morgan fingerprint density at radius 1 is 1.67 bits per heavy atom. The summed E-state index contributed by atoms with van der Waals surface area (Å²) in [4.78, 5) is 4.07. The molecule has 2 rings (SSSR count). The molecule has 1 fully saturated rings. The second-order valence-electron chi connectivity index (χ2n) is 4.32. The van der Waals surface area contributed by atoms with Crippen molar-refractivity contribution in [3.63, 3.8) is 0 Å². The summed E-state index contributed by atoms with van der Waals surface area (Å²) in [5, 5.41) is 3.36. The first-order valence-corrected chi connectivity index (χ1v) is 5.55. The van der Waals surface area contributed by atoms with E-state index in [1.54, 1.807) is 6.33 Å². The van der Waals surface area contributed by atoms with Crippen molar-refractivity contribution in [3.8, 4) is 0 Å². The number of hydrogen-bond donors (Lipinski definition) is 1. The minimum Gasteiger partial charge on any atom is -0.370 e. The van der Waals surface area contributed by atoms with Crippen molar-refractivity contribution in [1.82, 2.24) is 14.9 Å². The average Bonchev–Trinajstić information content (AvgIpc) is 2.63. The van der Waals surface area contributed by atoms with Crippen molar-refractivity contribution < 1.29 is 4.74 Å². The first kappa shape index (κ1) is 10.6. The Morgan fingerprint density at radius 3 is 3.20 bits per heavy atom. The van der Waals surface area contributed by atoms with Crippen LogP contribution in [0.25, 0.3) is 0 Å². The quantitative estimate of drug-likeness (QED) is 0.805. The summed E-state index contributed by atoms with van der Waals surface area (Å²) in [6, 6.07) is 0. The molecule has 1 N–H and O–H groups in total. The molecule has 1 aliphatic rings. The van der Waals surface area contributed by atoms with E-state index in [-0.39, 0.29) is 0 Å². The van der Waals surface area contributed by atoms with E-state index < -0.39 is 0 Å². The maximum absolute atomic E-state index is 5.90. The van der Waals surface area contributed by atoms with Gasteiger partial charge in [0, 0.05) is 13.6 Å². The maximum atomic E-state index is 5.90. The molecule has 0 saturated carbocycles. The zero-order valence-corrected chi connectivity index (χ0v) is 9.44. The molecule has 1 aromatic heterocycles. The highest BCUT2D eigenvalue weighted by atomic mass is 16.5. The lowest BCUT2D eigenvalue weighted by Crippen LogP contribution is -2.41. The third kappa shape index (κ3) is 2.58. The Bertz CT molecular complexity index is 311. The molecule has 1 aliphatic heterocycles. The van der Waals surface area contributed by atoms with Gasteiger partial charge in [-0.25, -0.2) is 4.98 Å². The number of aryl methyl sites for hydroxylation is 1. The Hall–Kier alpha value is -0.870. The minimum absolute atomic E-state index is 0.341. The maximum Gasteiger partial charge on any atom is 0.0946 e. The molecule has 2 atom stereocenters. The summed E-state index contributed by atoms with van der Waals surface area (Å²) in [5.74, 6) is 0.652. The molecule has 84 valence electrons. The highest BCUT2D eigenvalue weighted by molar-refractivity contribution is 4.95. The average molecular weight is 209 g/mol. The zero-order valence-electron chi connectivity index (χ0n) is 9.44. The second-order valence-corrected chi connectivity index (χ2v) is 4.32. The Balaban J connectivity index is 1.84. The van der Waals surface area contributed by atoms with Crippen molar-refractivity contribution in [3.05, 3.63) is 18.2 Å². The molecule has 0 spiro atoms. The molecule has 0 bridgehead atoms. The number of aromatic nitrogens is 2. The minimum atomic E-state index is 0.341. The lowest BCUT2D eigenvalue weighted by Gasteiger charge is -2.29. The lowest BCUT2D eigenvalue weighted by molar-refractivity contribution is -0.00882. The smallest absolute Gasteiger partial charge is 0.0946 e. The van der Waals surface area contributed by atoms with E-state index in [1.165, 1.54) is 6.42 Å². The molecular formula is C11H19N3O. The van der Waals surface area contributed by atoms with Gasteiger partial charge in [0.15, 0.2) is 0 Å². The number of hydrogen-bond acceptors (Lipinski definition) is 3. The number of piperidine rings is 1. The third-order valence-corrected chi connectivity index (χ3v) is 3.12. The van der Waals surface area contributed by atoms with Crippen molar-refractivity contribution >= 4 is 0 Å². The summed E-state index contributed by atoms with van der Waals surface area (Å²) >= 11 is 0. The highest BCUT2D eigenvalue weighted by Crippen LogP contribution is 2.16. The van der Waals surface area contributed by atoms with E-state index in [1.807, 2.05) is 17.8 Å². The summed E-state index contributed by atoms with van der Waals surface area (Å²) in [6.45, 7) is 5.01. The summed E-state index contributed by atoms with van der Waals surface area (Å²) in [7, 11) is 1.99. The van der Waals surface area contributed by atoms with Gasteiger partial charge in [-0.3, -0.25) is 0 Å². The largest absolute Gasteiger partial charge is 0.370 e. The predicted octanol–water partition coefficient (Wildman–Crippen LogP) is 0.935. The third-order valence-electron chi connectivity index (χ3n) is 3.12. The summed E-state index contributed by atoms with van der Waals surface area (Å²) < 4.78 is 7.90. The van der Waals surface area contributed by atoms with Crippen LogP contribution in [0.5, 0.6) is 0 Å². The Labute approximate surface area is 90.6 Å². The predicted molar refractivity (Wildman–Crippen MR) is 58.4 cm³/mol. The molecule has 4 heteroatoms. The van der Waals surface area contributed by atoms with Crippen molar-refractivity contribution in [2.45, 2.75) is 26.1 Å². The number of rotatable bonds is 3.